The van der Waals surface area contributed by atoms with E-state index in [-0.39, 0.29) is 0 Å². The summed E-state index contributed by atoms with van der Waals surface area (Å²) < 4.78 is 8.34. The van der Waals surface area contributed by atoms with E-state index >= 15 is 0 Å². The third-order valence-corrected chi connectivity index (χ3v) is 0.604. The monoisotopic (exact) mass is 177 g/mol. The van der Waals surface area contributed by atoms with Crippen LogP contribution in [-0.2, 0) is 27.5 Å². The van der Waals surface area contributed by atoms with E-state index in [0.717, 1.165) is 6.42 Å². The molecule has 0 bridgehead atoms. The molecule has 0 heterocycles. The second-order valence-electron chi connectivity index (χ2n) is 1.21. The Balaban J connectivity index is 0. The molecule has 0 aliphatic carbocycles. The zero-order valence-corrected chi connectivity index (χ0v) is 7.19. The summed E-state index contributed by atoms with van der Waals surface area (Å²) in [5, 5.41) is 0. The van der Waals surface area contributed by atoms with Crippen LogP contribution in [0.2, 0.25) is 0 Å². The molecule has 0 saturated carbocycles. The molecule has 1 nitrogen and oxygen atoms in total. The first-order valence-corrected chi connectivity index (χ1v) is 3.41. The van der Waals surface area contributed by atoms with Crippen molar-refractivity contribution in [3.8, 4) is 0 Å². The summed E-state index contributed by atoms with van der Waals surface area (Å²) in [5.74, 6) is 0. The third-order valence-electron chi connectivity index (χ3n) is 0.604. The minimum absolute atomic E-state index is 0.300. The van der Waals surface area contributed by atoms with Gasteiger partial charge in [0.1, 0.15) is 0 Å². The van der Waals surface area contributed by atoms with Crippen LogP contribution in [0, 0.1) is 6.92 Å². The van der Waals surface area contributed by atoms with Crippen LogP contribution in [0.15, 0.2) is 0 Å². The average Bonchev–Trinajstić information content (AvgIpc) is 1.75. The van der Waals surface area contributed by atoms with Crippen molar-refractivity contribution < 1.29 is 27.5 Å². The Bertz CT molecular complexity index is 22.0. The van der Waals surface area contributed by atoms with Gasteiger partial charge in [-0.15, -0.1) is 0 Å². The molecule has 0 unspecified atom stereocenters. The van der Waals surface area contributed by atoms with Crippen molar-refractivity contribution in [2.45, 2.75) is 26.2 Å². The van der Waals surface area contributed by atoms with E-state index in [1.54, 1.807) is 0 Å². The molecular weight excluding hydrogens is 167 g/mol. The molecule has 0 atom stereocenters. The van der Waals surface area contributed by atoms with Gasteiger partial charge >= 0.3 is 27.5 Å². The van der Waals surface area contributed by atoms with Crippen molar-refractivity contribution >= 4 is 0 Å². The topological polar surface area (TPSA) is 17.1 Å². The van der Waals surface area contributed by atoms with Crippen molar-refractivity contribution in [3.05, 3.63) is 6.92 Å². The average molecular weight is 178 g/mol. The van der Waals surface area contributed by atoms with Gasteiger partial charge in [0.2, 0.25) is 0 Å². The van der Waals surface area contributed by atoms with Crippen LogP contribution in [0.25, 0.3) is 0 Å². The molecule has 0 aliphatic heterocycles. The molecule has 42 valence electrons. The fraction of sp³-hybridized carbons (Fsp3) is 0.800. The number of hydrogen-bond acceptors (Lipinski definition) is 1. The van der Waals surface area contributed by atoms with Gasteiger partial charge in [0.05, 0.1) is 0 Å². The molecule has 0 spiro atoms. The fourth-order valence-corrected chi connectivity index (χ4v) is 0.250. The van der Waals surface area contributed by atoms with Gasteiger partial charge in [0, 0.05) is 0 Å². The number of rotatable bonds is 2. The zero-order valence-electron chi connectivity index (χ0n) is 4.74. The summed E-state index contributed by atoms with van der Waals surface area (Å²) in [6.45, 7) is 5.85. The van der Waals surface area contributed by atoms with Crippen LogP contribution < -0.4 is 0 Å². The molecule has 0 saturated heterocycles. The van der Waals surface area contributed by atoms with Gasteiger partial charge in [0.15, 0.2) is 0 Å². The molecule has 0 radical (unpaired) electrons. The van der Waals surface area contributed by atoms with Crippen molar-refractivity contribution in [3.63, 3.8) is 0 Å². The zero-order chi connectivity index (χ0) is 6.12. The standard InChI is InChI=1S/C5H11.O.Zr/c1-3-5-4-2;;/h1,3-5H2,2H3;;/q-1;;. The van der Waals surface area contributed by atoms with Crippen molar-refractivity contribution in [1.82, 2.24) is 0 Å². The van der Waals surface area contributed by atoms with Gasteiger partial charge in [-0.25, -0.2) is 0 Å². The van der Waals surface area contributed by atoms with Gasteiger partial charge in [-0.3, -0.25) is 0 Å². The summed E-state index contributed by atoms with van der Waals surface area (Å²) in [6, 6.07) is 0. The molecule has 0 aromatic rings. The Morgan fingerprint density at radius 2 is 2.00 bits per heavy atom. The molecule has 0 aromatic heterocycles. The van der Waals surface area contributed by atoms with Gasteiger partial charge in [-0.2, -0.15) is 6.42 Å². The molecule has 0 aliphatic rings. The first-order valence-electron chi connectivity index (χ1n) is 2.41. The van der Waals surface area contributed by atoms with Gasteiger partial charge in [-0.05, 0) is 0 Å². The Morgan fingerprint density at radius 1 is 1.57 bits per heavy atom. The molecule has 7 heavy (non-hydrogen) atoms. The molecule has 0 aromatic carbocycles. The van der Waals surface area contributed by atoms with Crippen LogP contribution in [0.3, 0.4) is 0 Å². The van der Waals surface area contributed by atoms with Crippen molar-refractivity contribution in [2.24, 2.45) is 0 Å². The van der Waals surface area contributed by atoms with E-state index in [2.05, 4.69) is 13.8 Å². The summed E-state index contributed by atoms with van der Waals surface area (Å²) in [6.07, 6.45) is 3.65. The second kappa shape index (κ2) is 15.9. The maximum atomic E-state index is 8.34. The van der Waals surface area contributed by atoms with Crippen LogP contribution in [0.1, 0.15) is 26.2 Å². The van der Waals surface area contributed by atoms with Crippen molar-refractivity contribution in [2.75, 3.05) is 0 Å². The first-order chi connectivity index (χ1) is 3.41. The van der Waals surface area contributed by atoms with Crippen LogP contribution in [0.5, 0.6) is 0 Å². The first kappa shape index (κ1) is 10.6. The molecular formula is C5H11OZr-. The summed E-state index contributed by atoms with van der Waals surface area (Å²) >= 11 is 0.300. The molecule has 0 N–H and O–H groups in total. The maximum absolute atomic E-state index is 8.34. The Hall–Kier alpha value is 0.683. The summed E-state index contributed by atoms with van der Waals surface area (Å²) in [4.78, 5) is 0. The van der Waals surface area contributed by atoms with Crippen LogP contribution >= 0.6 is 0 Å². The minimum atomic E-state index is 0.300. The van der Waals surface area contributed by atoms with E-state index in [1.807, 2.05) is 0 Å². The van der Waals surface area contributed by atoms with Crippen molar-refractivity contribution in [1.29, 1.82) is 0 Å². The number of hydrogen-bond donors (Lipinski definition) is 0. The SMILES string of the molecule is [CH2-]CCCC.[O]=[Zr]. The Labute approximate surface area is 60.8 Å². The molecule has 0 rings (SSSR count). The molecule has 2 heteroatoms. The Morgan fingerprint density at radius 3 is 2.00 bits per heavy atom. The van der Waals surface area contributed by atoms with Crippen LogP contribution in [-0.4, -0.2) is 0 Å². The van der Waals surface area contributed by atoms with E-state index in [1.165, 1.54) is 12.8 Å². The fourth-order valence-electron chi connectivity index (χ4n) is 0.250. The number of unbranched alkanes of at least 4 members (excludes halogenated alkanes) is 2. The van der Waals surface area contributed by atoms with Gasteiger partial charge in [-0.1, -0.05) is 19.8 Å². The summed E-state index contributed by atoms with van der Waals surface area (Å²) in [5.41, 5.74) is 0. The van der Waals surface area contributed by atoms with Gasteiger partial charge < -0.3 is 6.92 Å². The quantitative estimate of drug-likeness (QED) is 0.590. The molecule has 0 amide bonds. The van der Waals surface area contributed by atoms with E-state index < -0.39 is 0 Å². The third kappa shape index (κ3) is 20.4. The predicted molar refractivity (Wildman–Crippen MR) is 25.6 cm³/mol. The predicted octanol–water partition coefficient (Wildman–Crippen LogP) is 1.89. The normalized spacial score (nSPS) is 6.43. The van der Waals surface area contributed by atoms with Gasteiger partial charge in [0.25, 0.3) is 0 Å². The second-order valence-corrected chi connectivity index (χ2v) is 1.21. The van der Waals surface area contributed by atoms with E-state index in [4.69, 9.17) is 2.81 Å². The molecule has 0 fully saturated rings. The van der Waals surface area contributed by atoms with E-state index in [0.29, 0.717) is 24.7 Å². The van der Waals surface area contributed by atoms with E-state index in [9.17, 15) is 0 Å². The summed E-state index contributed by atoms with van der Waals surface area (Å²) in [7, 11) is 0. The van der Waals surface area contributed by atoms with Crippen LogP contribution in [0.4, 0.5) is 0 Å². The Kier molecular flexibility index (Phi) is 24.2.